The minimum Gasteiger partial charge on any atom is -0.355 e. The molecule has 0 aliphatic rings. The van der Waals surface area contributed by atoms with Crippen molar-refractivity contribution in [1.29, 1.82) is 0 Å². The highest BCUT2D eigenvalue weighted by atomic mass is 35.5. The molecular weight excluding hydrogens is 254 g/mol. The fourth-order valence-electron chi connectivity index (χ4n) is 1.25. The van der Waals surface area contributed by atoms with Crippen LogP contribution in [0.1, 0.15) is 20.8 Å². The molecule has 94 valence electrons. The van der Waals surface area contributed by atoms with E-state index in [0.29, 0.717) is 10.9 Å². The number of amides is 1. The van der Waals surface area contributed by atoms with Crippen molar-refractivity contribution in [3.05, 3.63) is 29.3 Å². The van der Waals surface area contributed by atoms with Gasteiger partial charge in [0.15, 0.2) is 0 Å². The van der Waals surface area contributed by atoms with Crippen LogP contribution in [-0.4, -0.2) is 17.7 Å². The second-order valence-electron chi connectivity index (χ2n) is 4.36. The first-order chi connectivity index (χ1) is 7.99. The van der Waals surface area contributed by atoms with Crippen LogP contribution < -0.4 is 5.32 Å². The molecule has 0 heterocycles. The molecule has 1 N–H and O–H groups in total. The predicted octanol–water partition coefficient (Wildman–Crippen LogP) is 3.59. The van der Waals surface area contributed by atoms with E-state index in [1.165, 1.54) is 11.8 Å². The van der Waals surface area contributed by atoms with Gasteiger partial charge in [0.1, 0.15) is 0 Å². The van der Waals surface area contributed by atoms with Crippen LogP contribution in [-0.2, 0) is 4.79 Å². The highest BCUT2D eigenvalue weighted by Gasteiger charge is 2.14. The number of hydrogen-bond donors (Lipinski definition) is 1. The highest BCUT2D eigenvalue weighted by molar-refractivity contribution is 8.00. The average Bonchev–Trinajstić information content (AvgIpc) is 2.25. The monoisotopic (exact) mass is 271 g/mol. The van der Waals surface area contributed by atoms with Gasteiger partial charge in [-0.2, -0.15) is 0 Å². The Bertz CT molecular complexity index is 381. The molecule has 0 aromatic heterocycles. The van der Waals surface area contributed by atoms with E-state index in [4.69, 9.17) is 11.6 Å². The first-order valence-corrected chi connectivity index (χ1v) is 6.94. The molecule has 0 aliphatic carbocycles. The molecule has 1 unspecified atom stereocenters. The van der Waals surface area contributed by atoms with E-state index in [1.54, 1.807) is 0 Å². The van der Waals surface area contributed by atoms with Crippen LogP contribution in [0.5, 0.6) is 0 Å². The Morgan fingerprint density at radius 1 is 1.41 bits per heavy atom. The molecule has 0 fully saturated rings. The summed E-state index contributed by atoms with van der Waals surface area (Å²) in [5, 5.41) is 3.52. The van der Waals surface area contributed by atoms with Crippen LogP contribution in [0.4, 0.5) is 0 Å². The van der Waals surface area contributed by atoms with E-state index in [0.717, 1.165) is 11.4 Å². The summed E-state index contributed by atoms with van der Waals surface area (Å²) >= 11 is 7.42. The number of rotatable bonds is 5. The maximum Gasteiger partial charge on any atom is 0.233 e. The average molecular weight is 272 g/mol. The molecule has 1 atom stereocenters. The predicted molar refractivity (Wildman–Crippen MR) is 74.6 cm³/mol. The lowest BCUT2D eigenvalue weighted by molar-refractivity contribution is -0.120. The van der Waals surface area contributed by atoms with Crippen LogP contribution >= 0.6 is 23.4 Å². The first-order valence-electron chi connectivity index (χ1n) is 5.69. The van der Waals surface area contributed by atoms with E-state index in [-0.39, 0.29) is 11.2 Å². The summed E-state index contributed by atoms with van der Waals surface area (Å²) in [6, 6.07) is 7.56. The van der Waals surface area contributed by atoms with Gasteiger partial charge in [-0.25, -0.2) is 0 Å². The van der Waals surface area contributed by atoms with E-state index in [2.05, 4.69) is 19.2 Å². The lowest BCUT2D eigenvalue weighted by Crippen LogP contribution is -2.33. The Morgan fingerprint density at radius 3 is 2.71 bits per heavy atom. The molecule has 1 aromatic carbocycles. The second kappa shape index (κ2) is 6.92. The first kappa shape index (κ1) is 14.4. The SMILES string of the molecule is CC(C)CNC(=O)C(C)Sc1cccc(Cl)c1. The Balaban J connectivity index is 2.48. The number of halogens is 1. The van der Waals surface area contributed by atoms with E-state index in [1.807, 2.05) is 31.2 Å². The van der Waals surface area contributed by atoms with Crippen LogP contribution in [0.3, 0.4) is 0 Å². The highest BCUT2D eigenvalue weighted by Crippen LogP contribution is 2.25. The minimum atomic E-state index is -0.104. The standard InChI is InChI=1S/C13H18ClNOS/c1-9(2)8-15-13(16)10(3)17-12-6-4-5-11(14)7-12/h4-7,9-10H,8H2,1-3H3,(H,15,16). The molecule has 0 aliphatic heterocycles. The molecule has 1 aromatic rings. The fraction of sp³-hybridized carbons (Fsp3) is 0.462. The van der Waals surface area contributed by atoms with Gasteiger partial charge < -0.3 is 5.32 Å². The summed E-state index contributed by atoms with van der Waals surface area (Å²) in [7, 11) is 0. The van der Waals surface area contributed by atoms with Crippen molar-refractivity contribution in [2.75, 3.05) is 6.54 Å². The van der Waals surface area contributed by atoms with Gasteiger partial charge >= 0.3 is 0 Å². The molecular formula is C13H18ClNOS. The molecule has 0 radical (unpaired) electrons. The maximum absolute atomic E-state index is 11.8. The largest absolute Gasteiger partial charge is 0.355 e. The summed E-state index contributed by atoms with van der Waals surface area (Å²) in [6.45, 7) is 6.78. The Labute approximate surface area is 112 Å². The number of nitrogens with one attached hydrogen (secondary N) is 1. The molecule has 17 heavy (non-hydrogen) atoms. The van der Waals surface area contributed by atoms with Crippen molar-refractivity contribution >= 4 is 29.3 Å². The molecule has 1 amide bonds. The number of carbonyl (C=O) groups is 1. The number of benzene rings is 1. The quantitative estimate of drug-likeness (QED) is 0.829. The molecule has 2 nitrogen and oxygen atoms in total. The zero-order valence-electron chi connectivity index (χ0n) is 10.4. The zero-order chi connectivity index (χ0) is 12.8. The smallest absolute Gasteiger partial charge is 0.233 e. The fourth-order valence-corrected chi connectivity index (χ4v) is 2.45. The van der Waals surface area contributed by atoms with Gasteiger partial charge in [-0.3, -0.25) is 4.79 Å². The van der Waals surface area contributed by atoms with Gasteiger partial charge in [0.25, 0.3) is 0 Å². The summed E-state index contributed by atoms with van der Waals surface area (Å²) in [5.41, 5.74) is 0. The molecule has 0 spiro atoms. The van der Waals surface area contributed by atoms with E-state index < -0.39 is 0 Å². The summed E-state index contributed by atoms with van der Waals surface area (Å²) in [4.78, 5) is 12.8. The van der Waals surface area contributed by atoms with Crippen molar-refractivity contribution < 1.29 is 4.79 Å². The summed E-state index contributed by atoms with van der Waals surface area (Å²) < 4.78 is 0. The van der Waals surface area contributed by atoms with Crippen LogP contribution in [0.2, 0.25) is 5.02 Å². The number of hydrogen-bond acceptors (Lipinski definition) is 2. The Kier molecular flexibility index (Phi) is 5.86. The van der Waals surface area contributed by atoms with E-state index >= 15 is 0 Å². The number of thioether (sulfide) groups is 1. The van der Waals surface area contributed by atoms with Gasteiger partial charge in [-0.1, -0.05) is 31.5 Å². The third-order valence-electron chi connectivity index (χ3n) is 2.16. The third kappa shape index (κ3) is 5.46. The van der Waals surface area contributed by atoms with Crippen LogP contribution in [0, 0.1) is 5.92 Å². The maximum atomic E-state index is 11.8. The van der Waals surface area contributed by atoms with Crippen LogP contribution in [0.15, 0.2) is 29.2 Å². The molecule has 0 saturated heterocycles. The normalized spacial score (nSPS) is 12.5. The van der Waals surface area contributed by atoms with E-state index in [9.17, 15) is 4.79 Å². The van der Waals surface area contributed by atoms with Crippen molar-refractivity contribution in [1.82, 2.24) is 5.32 Å². The molecule has 0 bridgehead atoms. The van der Waals surface area contributed by atoms with Gasteiger partial charge in [-0.15, -0.1) is 11.8 Å². The lowest BCUT2D eigenvalue weighted by atomic mass is 10.2. The van der Waals surface area contributed by atoms with Gasteiger partial charge in [0, 0.05) is 16.5 Å². The molecule has 4 heteroatoms. The van der Waals surface area contributed by atoms with Gasteiger partial charge in [0.05, 0.1) is 5.25 Å². The Morgan fingerprint density at radius 2 is 2.12 bits per heavy atom. The number of carbonyl (C=O) groups excluding carboxylic acids is 1. The Hall–Kier alpha value is -0.670. The lowest BCUT2D eigenvalue weighted by Gasteiger charge is -2.13. The topological polar surface area (TPSA) is 29.1 Å². The van der Waals surface area contributed by atoms with Gasteiger partial charge in [-0.05, 0) is 31.0 Å². The second-order valence-corrected chi connectivity index (χ2v) is 6.21. The van der Waals surface area contributed by atoms with Crippen molar-refractivity contribution in [2.24, 2.45) is 5.92 Å². The van der Waals surface area contributed by atoms with Crippen molar-refractivity contribution in [3.63, 3.8) is 0 Å². The summed E-state index contributed by atoms with van der Waals surface area (Å²) in [5.74, 6) is 0.547. The molecule has 0 saturated carbocycles. The minimum absolute atomic E-state index is 0.0728. The van der Waals surface area contributed by atoms with Crippen LogP contribution in [0.25, 0.3) is 0 Å². The summed E-state index contributed by atoms with van der Waals surface area (Å²) in [6.07, 6.45) is 0. The third-order valence-corrected chi connectivity index (χ3v) is 3.49. The van der Waals surface area contributed by atoms with Crippen molar-refractivity contribution in [3.8, 4) is 0 Å². The van der Waals surface area contributed by atoms with Crippen molar-refractivity contribution in [2.45, 2.75) is 30.9 Å². The zero-order valence-corrected chi connectivity index (χ0v) is 11.9. The van der Waals surface area contributed by atoms with Gasteiger partial charge in [0.2, 0.25) is 5.91 Å². The molecule has 1 rings (SSSR count).